The molecule has 2 heterocycles. The first kappa shape index (κ1) is 34.8. The lowest BCUT2D eigenvalue weighted by atomic mass is 9.94. The first-order valence-corrected chi connectivity index (χ1v) is 16.1. The Labute approximate surface area is 285 Å². The third-order valence-electron chi connectivity index (χ3n) is 9.13. The van der Waals surface area contributed by atoms with Crippen molar-refractivity contribution in [3.63, 3.8) is 0 Å². The Hall–Kier alpha value is -5.02. The van der Waals surface area contributed by atoms with Crippen molar-refractivity contribution in [1.82, 2.24) is 14.7 Å². The van der Waals surface area contributed by atoms with E-state index in [0.717, 1.165) is 44.3 Å². The number of urea groups is 1. The van der Waals surface area contributed by atoms with E-state index in [-0.39, 0.29) is 12.0 Å². The molecule has 15 heteroatoms. The number of ether oxygens (including phenoxy) is 2. The van der Waals surface area contributed by atoms with Crippen molar-refractivity contribution in [2.24, 2.45) is 0 Å². The SMILES string of the molecule is CC(N(Cc1ccc(F)cc1)C(=O)CN1C(=O)O[C@@]2(CCc3cc(NC(=O)Nc4cccc(CN5CCOCC5)c4)ccc32)C1=O)C(F)(F)F. The van der Waals surface area contributed by atoms with Crippen LogP contribution < -0.4 is 10.6 Å². The van der Waals surface area contributed by atoms with Crippen LogP contribution in [0.15, 0.2) is 66.7 Å². The average Bonchev–Trinajstić information content (AvgIpc) is 3.55. The van der Waals surface area contributed by atoms with Gasteiger partial charge in [0.2, 0.25) is 11.5 Å². The Bertz CT molecular complexity index is 1780. The lowest BCUT2D eigenvalue weighted by molar-refractivity contribution is -0.187. The van der Waals surface area contributed by atoms with E-state index in [4.69, 9.17) is 9.47 Å². The van der Waals surface area contributed by atoms with Gasteiger partial charge in [0.05, 0.1) is 13.2 Å². The third kappa shape index (κ3) is 7.43. The van der Waals surface area contributed by atoms with Gasteiger partial charge in [-0.25, -0.2) is 18.9 Å². The highest BCUT2D eigenvalue weighted by Crippen LogP contribution is 2.46. The zero-order valence-corrected chi connectivity index (χ0v) is 27.1. The van der Waals surface area contributed by atoms with Crippen LogP contribution in [-0.4, -0.2) is 83.7 Å². The summed E-state index contributed by atoms with van der Waals surface area (Å²) in [5, 5.41) is 5.59. The van der Waals surface area contributed by atoms with Crippen molar-refractivity contribution in [1.29, 1.82) is 0 Å². The fourth-order valence-electron chi connectivity index (χ4n) is 6.42. The number of anilines is 2. The van der Waals surface area contributed by atoms with Gasteiger partial charge in [-0.2, -0.15) is 13.2 Å². The molecule has 3 aliphatic rings. The molecule has 3 aromatic rings. The molecule has 2 atom stereocenters. The summed E-state index contributed by atoms with van der Waals surface area (Å²) in [5.74, 6) is -2.61. The predicted molar refractivity (Wildman–Crippen MR) is 172 cm³/mol. The number of hydrogen-bond acceptors (Lipinski definition) is 7. The van der Waals surface area contributed by atoms with Crippen LogP contribution in [0, 0.1) is 5.82 Å². The number of benzene rings is 3. The van der Waals surface area contributed by atoms with Crippen LogP contribution in [0.3, 0.4) is 0 Å². The molecular weight excluding hydrogens is 662 g/mol. The topological polar surface area (TPSA) is 121 Å². The lowest BCUT2D eigenvalue weighted by Gasteiger charge is -2.31. The van der Waals surface area contributed by atoms with Gasteiger partial charge in [-0.05, 0) is 66.4 Å². The van der Waals surface area contributed by atoms with E-state index in [1.165, 1.54) is 12.1 Å². The van der Waals surface area contributed by atoms with Crippen LogP contribution in [-0.2, 0) is 44.2 Å². The summed E-state index contributed by atoms with van der Waals surface area (Å²) in [6.07, 6.45) is -5.64. The largest absolute Gasteiger partial charge is 0.427 e. The smallest absolute Gasteiger partial charge is 0.418 e. The maximum Gasteiger partial charge on any atom is 0.418 e. The third-order valence-corrected chi connectivity index (χ3v) is 9.13. The summed E-state index contributed by atoms with van der Waals surface area (Å²) in [4.78, 5) is 56.1. The molecule has 2 fully saturated rings. The van der Waals surface area contributed by atoms with Gasteiger partial charge in [0.15, 0.2) is 0 Å². The molecule has 0 radical (unpaired) electrons. The van der Waals surface area contributed by atoms with Crippen molar-refractivity contribution in [3.8, 4) is 0 Å². The van der Waals surface area contributed by atoms with Crippen molar-refractivity contribution in [3.05, 3.63) is 94.8 Å². The molecule has 6 rings (SSSR count). The molecule has 5 amide bonds. The number of rotatable bonds is 9. The molecule has 1 unspecified atom stereocenters. The van der Waals surface area contributed by atoms with E-state index >= 15 is 0 Å². The van der Waals surface area contributed by atoms with Gasteiger partial charge in [-0.15, -0.1) is 0 Å². The number of nitrogens with zero attached hydrogens (tertiary/aromatic N) is 3. The van der Waals surface area contributed by atoms with Crippen LogP contribution in [0.25, 0.3) is 0 Å². The molecule has 0 aromatic heterocycles. The number of carbonyl (C=O) groups excluding carboxylic acids is 4. The van der Waals surface area contributed by atoms with Crippen LogP contribution in [0.4, 0.5) is 38.5 Å². The van der Waals surface area contributed by atoms with Gasteiger partial charge in [0.1, 0.15) is 18.4 Å². The average molecular weight is 698 g/mol. The van der Waals surface area contributed by atoms with Gasteiger partial charge in [0.25, 0.3) is 5.91 Å². The Kier molecular flexibility index (Phi) is 9.80. The quantitative estimate of drug-likeness (QED) is 0.288. The molecule has 3 aromatic carbocycles. The highest BCUT2D eigenvalue weighted by atomic mass is 19.4. The predicted octanol–water partition coefficient (Wildman–Crippen LogP) is 5.40. The molecule has 1 spiro atoms. The van der Waals surface area contributed by atoms with Gasteiger partial charge in [0, 0.05) is 49.5 Å². The molecule has 2 aliphatic heterocycles. The molecule has 0 saturated carbocycles. The minimum Gasteiger partial charge on any atom is -0.427 e. The molecule has 1 aliphatic carbocycles. The van der Waals surface area contributed by atoms with Gasteiger partial charge in [-0.1, -0.05) is 30.3 Å². The van der Waals surface area contributed by atoms with Gasteiger partial charge < -0.3 is 25.0 Å². The first-order chi connectivity index (χ1) is 23.8. The van der Waals surface area contributed by atoms with E-state index < -0.39 is 60.7 Å². The number of carbonyl (C=O) groups is 4. The Morgan fingerprint density at radius 1 is 0.960 bits per heavy atom. The zero-order valence-electron chi connectivity index (χ0n) is 27.1. The van der Waals surface area contributed by atoms with Gasteiger partial charge in [-0.3, -0.25) is 14.5 Å². The fourth-order valence-corrected chi connectivity index (χ4v) is 6.42. The van der Waals surface area contributed by atoms with E-state index in [2.05, 4.69) is 15.5 Å². The van der Waals surface area contributed by atoms with E-state index in [9.17, 15) is 36.7 Å². The minimum atomic E-state index is -4.81. The summed E-state index contributed by atoms with van der Waals surface area (Å²) in [6.45, 7) is 3.02. The highest BCUT2D eigenvalue weighted by Gasteiger charge is 2.58. The number of morpholine rings is 1. The highest BCUT2D eigenvalue weighted by molar-refractivity contribution is 6.06. The molecule has 2 N–H and O–H groups in total. The van der Waals surface area contributed by atoms with Crippen molar-refractivity contribution >= 4 is 35.3 Å². The maximum absolute atomic E-state index is 13.8. The van der Waals surface area contributed by atoms with Crippen molar-refractivity contribution in [2.45, 2.75) is 50.7 Å². The summed E-state index contributed by atoms with van der Waals surface area (Å²) in [7, 11) is 0. The Morgan fingerprint density at radius 3 is 2.36 bits per heavy atom. The number of fused-ring (bicyclic) bond motifs is 2. The van der Waals surface area contributed by atoms with E-state index in [1.54, 1.807) is 24.3 Å². The van der Waals surface area contributed by atoms with Crippen molar-refractivity contribution in [2.75, 3.05) is 43.5 Å². The lowest BCUT2D eigenvalue weighted by Crippen LogP contribution is -2.51. The summed E-state index contributed by atoms with van der Waals surface area (Å²) < 4.78 is 65.6. The van der Waals surface area contributed by atoms with E-state index in [0.29, 0.717) is 51.9 Å². The second kappa shape index (κ2) is 14.1. The molecule has 11 nitrogen and oxygen atoms in total. The molecule has 0 bridgehead atoms. The number of nitrogens with one attached hydrogen (secondary N) is 2. The van der Waals surface area contributed by atoms with Crippen LogP contribution in [0.5, 0.6) is 0 Å². The zero-order chi connectivity index (χ0) is 35.6. The Morgan fingerprint density at radius 2 is 1.66 bits per heavy atom. The fraction of sp³-hybridized carbons (Fsp3) is 0.371. The first-order valence-electron chi connectivity index (χ1n) is 16.1. The molecule has 2 saturated heterocycles. The monoisotopic (exact) mass is 697 g/mol. The number of alkyl halides is 3. The summed E-state index contributed by atoms with van der Waals surface area (Å²) in [6, 6.07) is 14.1. The molecule has 264 valence electrons. The standard InChI is InChI=1S/C35H35F4N5O6/c1-22(35(37,38)39)43(20-23-5-7-26(36)8-6-23)30(45)21-44-31(46)34(50-33(44)48)12-11-25-18-28(9-10-29(25)34)41-32(47)40-27-4-2-3-24(17-27)19-42-13-15-49-16-14-42/h2-10,17-18,22H,11-16,19-21H2,1H3,(H2,40,41,47)/t22?,34-/m1/s1. The normalized spacial score (nSPS) is 19.7. The second-order valence-corrected chi connectivity index (χ2v) is 12.5. The number of halogens is 4. The minimum absolute atomic E-state index is 0.0431. The number of imide groups is 1. The second-order valence-electron chi connectivity index (χ2n) is 12.5. The number of aryl methyl sites for hydroxylation is 1. The van der Waals surface area contributed by atoms with Crippen LogP contribution in [0.1, 0.15) is 35.6 Å². The van der Waals surface area contributed by atoms with Crippen molar-refractivity contribution < 1.29 is 46.2 Å². The van der Waals surface area contributed by atoms with Crippen LogP contribution >= 0.6 is 0 Å². The van der Waals surface area contributed by atoms with Crippen LogP contribution in [0.2, 0.25) is 0 Å². The number of amides is 5. The van der Waals surface area contributed by atoms with Gasteiger partial charge >= 0.3 is 18.3 Å². The Balaban J connectivity index is 1.11. The maximum atomic E-state index is 13.8. The molecular formula is C35H35F4N5O6. The number of hydrogen-bond donors (Lipinski definition) is 2. The summed E-state index contributed by atoms with van der Waals surface area (Å²) in [5.41, 5.74) is 1.51. The van der Waals surface area contributed by atoms with E-state index in [1.807, 2.05) is 18.2 Å². The summed E-state index contributed by atoms with van der Waals surface area (Å²) >= 11 is 0. The molecule has 50 heavy (non-hydrogen) atoms.